The van der Waals surface area contributed by atoms with Crippen LogP contribution in [0.15, 0.2) is 42.5 Å². The van der Waals surface area contributed by atoms with Gasteiger partial charge in [0.05, 0.1) is 5.56 Å². The van der Waals surface area contributed by atoms with Crippen LogP contribution < -0.4 is 0 Å². The van der Waals surface area contributed by atoms with Gasteiger partial charge in [0.15, 0.2) is 5.78 Å². The molecule has 0 aliphatic carbocycles. The molecular formula is C18H19FO. The molecule has 0 aliphatic heterocycles. The Hall–Kier alpha value is -1.96. The van der Waals surface area contributed by atoms with Gasteiger partial charge in [-0.2, -0.15) is 0 Å². The van der Waals surface area contributed by atoms with Gasteiger partial charge in [0.1, 0.15) is 5.82 Å². The molecule has 2 aromatic rings. The van der Waals surface area contributed by atoms with Gasteiger partial charge in [-0.1, -0.05) is 44.2 Å². The van der Waals surface area contributed by atoms with Crippen molar-refractivity contribution in [3.8, 4) is 0 Å². The smallest absolute Gasteiger partial charge is 0.195 e. The van der Waals surface area contributed by atoms with Crippen LogP contribution in [0.5, 0.6) is 0 Å². The molecule has 0 heterocycles. The van der Waals surface area contributed by atoms with Crippen molar-refractivity contribution in [2.75, 3.05) is 0 Å². The van der Waals surface area contributed by atoms with Gasteiger partial charge in [-0.05, 0) is 42.5 Å². The summed E-state index contributed by atoms with van der Waals surface area (Å²) in [5, 5.41) is 0. The van der Waals surface area contributed by atoms with E-state index in [1.54, 1.807) is 31.2 Å². The van der Waals surface area contributed by atoms with Crippen LogP contribution in [0.2, 0.25) is 0 Å². The van der Waals surface area contributed by atoms with Crippen molar-refractivity contribution < 1.29 is 9.18 Å². The zero-order valence-electron chi connectivity index (χ0n) is 12.1. The fourth-order valence-corrected chi connectivity index (χ4v) is 2.29. The van der Waals surface area contributed by atoms with Crippen molar-refractivity contribution in [3.05, 3.63) is 70.5 Å². The Balaban J connectivity index is 2.36. The van der Waals surface area contributed by atoms with Crippen LogP contribution in [0, 0.1) is 18.7 Å². The van der Waals surface area contributed by atoms with Crippen LogP contribution in [-0.4, -0.2) is 5.78 Å². The third-order valence-electron chi connectivity index (χ3n) is 3.27. The first-order valence-corrected chi connectivity index (χ1v) is 6.87. The number of ketones is 1. The van der Waals surface area contributed by atoms with Gasteiger partial charge in [0.25, 0.3) is 0 Å². The molecule has 20 heavy (non-hydrogen) atoms. The van der Waals surface area contributed by atoms with Crippen molar-refractivity contribution in [1.82, 2.24) is 0 Å². The van der Waals surface area contributed by atoms with Gasteiger partial charge in [0, 0.05) is 5.56 Å². The van der Waals surface area contributed by atoms with Crippen LogP contribution in [0.1, 0.15) is 40.9 Å². The normalized spacial score (nSPS) is 10.8. The van der Waals surface area contributed by atoms with E-state index in [1.807, 2.05) is 18.2 Å². The fraction of sp³-hybridized carbons (Fsp3) is 0.278. The number of carbonyl (C=O) groups excluding carboxylic acids is 1. The zero-order valence-corrected chi connectivity index (χ0v) is 12.1. The van der Waals surface area contributed by atoms with Crippen molar-refractivity contribution in [2.24, 2.45) is 5.92 Å². The molecule has 2 heteroatoms. The largest absolute Gasteiger partial charge is 0.288 e. The van der Waals surface area contributed by atoms with Crippen molar-refractivity contribution >= 4 is 5.78 Å². The quantitative estimate of drug-likeness (QED) is 0.744. The molecule has 0 N–H and O–H groups in total. The molecule has 0 fully saturated rings. The number of benzene rings is 2. The van der Waals surface area contributed by atoms with E-state index in [1.165, 1.54) is 0 Å². The van der Waals surface area contributed by atoms with Crippen LogP contribution in [0.25, 0.3) is 0 Å². The maximum Gasteiger partial charge on any atom is 0.195 e. The lowest BCUT2D eigenvalue weighted by Gasteiger charge is -2.08. The molecule has 0 radical (unpaired) electrons. The zero-order chi connectivity index (χ0) is 14.7. The summed E-state index contributed by atoms with van der Waals surface area (Å²) in [4.78, 5) is 12.4. The third kappa shape index (κ3) is 3.13. The summed E-state index contributed by atoms with van der Waals surface area (Å²) in [6, 6.07) is 12.4. The molecule has 0 atom stereocenters. The summed E-state index contributed by atoms with van der Waals surface area (Å²) in [5.41, 5.74) is 2.30. The first-order valence-electron chi connectivity index (χ1n) is 6.87. The van der Waals surface area contributed by atoms with Gasteiger partial charge in [-0.25, -0.2) is 4.39 Å². The van der Waals surface area contributed by atoms with Crippen LogP contribution in [-0.2, 0) is 6.42 Å². The Morgan fingerprint density at radius 3 is 2.55 bits per heavy atom. The van der Waals surface area contributed by atoms with Gasteiger partial charge < -0.3 is 0 Å². The van der Waals surface area contributed by atoms with E-state index in [0.29, 0.717) is 17.0 Å². The summed E-state index contributed by atoms with van der Waals surface area (Å²) in [6.45, 7) is 5.94. The molecule has 0 saturated heterocycles. The number of aryl methyl sites for hydroxylation is 1. The second-order valence-corrected chi connectivity index (χ2v) is 5.56. The van der Waals surface area contributed by atoms with Crippen LogP contribution in [0.4, 0.5) is 4.39 Å². The molecule has 1 nitrogen and oxygen atoms in total. The average molecular weight is 270 g/mol. The van der Waals surface area contributed by atoms with E-state index in [4.69, 9.17) is 0 Å². The lowest BCUT2D eigenvalue weighted by molar-refractivity contribution is 0.103. The summed E-state index contributed by atoms with van der Waals surface area (Å²) >= 11 is 0. The average Bonchev–Trinajstić information content (AvgIpc) is 2.41. The summed E-state index contributed by atoms with van der Waals surface area (Å²) in [7, 11) is 0. The highest BCUT2D eigenvalue weighted by molar-refractivity contribution is 6.09. The monoisotopic (exact) mass is 270 g/mol. The number of rotatable bonds is 4. The fourth-order valence-electron chi connectivity index (χ4n) is 2.29. The topological polar surface area (TPSA) is 17.1 Å². The lowest BCUT2D eigenvalue weighted by atomic mass is 9.96. The molecule has 2 aromatic carbocycles. The Labute approximate surface area is 119 Å². The Morgan fingerprint density at radius 2 is 1.85 bits per heavy atom. The Morgan fingerprint density at radius 1 is 1.15 bits per heavy atom. The molecule has 0 unspecified atom stereocenters. The molecule has 0 aliphatic rings. The number of halogens is 1. The molecule has 0 spiro atoms. The first kappa shape index (κ1) is 14.4. The Kier molecular flexibility index (Phi) is 4.33. The van der Waals surface area contributed by atoms with Gasteiger partial charge in [-0.15, -0.1) is 0 Å². The summed E-state index contributed by atoms with van der Waals surface area (Å²) in [5.74, 6) is -0.153. The van der Waals surface area contributed by atoms with Gasteiger partial charge >= 0.3 is 0 Å². The standard InChI is InChI=1S/C18H19FO/c1-12(2)10-14-7-5-8-15(11-14)18(20)16-9-4-6-13(3)17(16)19/h4-9,11-12H,10H2,1-3H3. The minimum Gasteiger partial charge on any atom is -0.288 e. The third-order valence-corrected chi connectivity index (χ3v) is 3.27. The highest BCUT2D eigenvalue weighted by atomic mass is 19.1. The lowest BCUT2D eigenvalue weighted by Crippen LogP contribution is -2.06. The van der Waals surface area contributed by atoms with E-state index in [9.17, 15) is 9.18 Å². The molecule has 0 amide bonds. The van der Waals surface area contributed by atoms with E-state index >= 15 is 0 Å². The second kappa shape index (κ2) is 6.00. The number of hydrogen-bond acceptors (Lipinski definition) is 1. The minimum atomic E-state index is -0.424. The van der Waals surface area contributed by atoms with Crippen LogP contribution >= 0.6 is 0 Å². The summed E-state index contributed by atoms with van der Waals surface area (Å²) < 4.78 is 14.0. The first-order chi connectivity index (χ1) is 9.49. The van der Waals surface area contributed by atoms with Gasteiger partial charge in [-0.3, -0.25) is 4.79 Å². The second-order valence-electron chi connectivity index (χ2n) is 5.56. The van der Waals surface area contributed by atoms with Gasteiger partial charge in [0.2, 0.25) is 0 Å². The SMILES string of the molecule is Cc1cccc(C(=O)c2cccc(CC(C)C)c2)c1F. The number of hydrogen-bond donors (Lipinski definition) is 0. The number of carbonyl (C=O) groups is 1. The van der Waals surface area contributed by atoms with E-state index < -0.39 is 5.82 Å². The Bertz CT molecular complexity index is 629. The highest BCUT2D eigenvalue weighted by Crippen LogP contribution is 2.18. The molecular weight excluding hydrogens is 251 g/mol. The maximum atomic E-state index is 14.0. The van der Waals surface area contributed by atoms with E-state index in [0.717, 1.165) is 12.0 Å². The van der Waals surface area contributed by atoms with Crippen molar-refractivity contribution in [1.29, 1.82) is 0 Å². The molecule has 2 rings (SSSR count). The van der Waals surface area contributed by atoms with E-state index in [-0.39, 0.29) is 11.3 Å². The summed E-state index contributed by atoms with van der Waals surface area (Å²) in [6.07, 6.45) is 0.914. The molecule has 104 valence electrons. The van der Waals surface area contributed by atoms with Crippen molar-refractivity contribution in [2.45, 2.75) is 27.2 Å². The van der Waals surface area contributed by atoms with Crippen LogP contribution in [0.3, 0.4) is 0 Å². The predicted molar refractivity (Wildman–Crippen MR) is 79.6 cm³/mol. The molecule has 0 bridgehead atoms. The van der Waals surface area contributed by atoms with Crippen molar-refractivity contribution in [3.63, 3.8) is 0 Å². The highest BCUT2D eigenvalue weighted by Gasteiger charge is 2.15. The molecule has 0 aromatic heterocycles. The maximum absolute atomic E-state index is 14.0. The minimum absolute atomic E-state index is 0.145. The van der Waals surface area contributed by atoms with E-state index in [2.05, 4.69) is 13.8 Å². The predicted octanol–water partition coefficient (Wildman–Crippen LogP) is 4.56. The molecule has 0 saturated carbocycles.